The maximum absolute atomic E-state index is 13.8. The van der Waals surface area contributed by atoms with Gasteiger partial charge in [0.2, 0.25) is 0 Å². The number of ether oxygens (including phenoxy) is 1. The first-order valence-electron chi connectivity index (χ1n) is 12.4. The Bertz CT molecular complexity index is 1380. The van der Waals surface area contributed by atoms with Crippen LogP contribution in [0, 0.1) is 11.3 Å². The molecule has 1 N–H and O–H groups in total. The van der Waals surface area contributed by atoms with Crippen LogP contribution in [0.2, 0.25) is 0 Å². The van der Waals surface area contributed by atoms with E-state index in [9.17, 15) is 14.7 Å². The molecule has 4 aliphatic rings. The summed E-state index contributed by atoms with van der Waals surface area (Å²) in [5.74, 6) is -0.855. The second-order valence-corrected chi connectivity index (χ2v) is 10.3. The van der Waals surface area contributed by atoms with E-state index < -0.39 is 16.8 Å². The number of para-hydroxylation sites is 1. The number of amides is 1. The SMILES string of the molecule is C=C(C(=O)N1C[C@@H]2[C@@]3(c4ccccc4)CC[C@@H](c4ccccc43)[C@]2(C(=O)O)C1)c1ccccc1OC. The Labute approximate surface area is 211 Å². The number of carbonyl (C=O) groups is 2. The lowest BCUT2D eigenvalue weighted by atomic mass is 9.42. The van der Waals surface area contributed by atoms with Crippen molar-refractivity contribution in [1.29, 1.82) is 0 Å². The van der Waals surface area contributed by atoms with Gasteiger partial charge < -0.3 is 14.7 Å². The zero-order chi connectivity index (χ0) is 25.1. The Hall–Kier alpha value is -3.86. The monoisotopic (exact) mass is 479 g/mol. The number of hydrogen-bond donors (Lipinski definition) is 1. The number of methoxy groups -OCH3 is 1. The number of hydrogen-bond acceptors (Lipinski definition) is 3. The number of nitrogens with zero attached hydrogens (tertiary/aromatic N) is 1. The van der Waals surface area contributed by atoms with Gasteiger partial charge in [-0.15, -0.1) is 0 Å². The number of rotatable bonds is 5. The highest BCUT2D eigenvalue weighted by molar-refractivity contribution is 6.19. The van der Waals surface area contributed by atoms with Crippen LogP contribution in [0.25, 0.3) is 5.57 Å². The van der Waals surface area contributed by atoms with Crippen molar-refractivity contribution in [2.75, 3.05) is 20.2 Å². The lowest BCUT2D eigenvalue weighted by Gasteiger charge is -2.59. The molecule has 3 aromatic carbocycles. The summed E-state index contributed by atoms with van der Waals surface area (Å²) in [6.45, 7) is 4.66. The molecule has 0 radical (unpaired) electrons. The van der Waals surface area contributed by atoms with Crippen molar-refractivity contribution in [3.05, 3.63) is 108 Å². The maximum Gasteiger partial charge on any atom is 0.312 e. The van der Waals surface area contributed by atoms with Gasteiger partial charge in [-0.3, -0.25) is 9.59 Å². The molecule has 5 heteroatoms. The lowest BCUT2D eigenvalue weighted by Crippen LogP contribution is -2.60. The molecule has 2 bridgehead atoms. The van der Waals surface area contributed by atoms with E-state index in [1.165, 1.54) is 5.56 Å². The minimum Gasteiger partial charge on any atom is -0.496 e. The van der Waals surface area contributed by atoms with Crippen LogP contribution in [0.3, 0.4) is 0 Å². The number of carboxylic acid groups (broad SMARTS) is 1. The van der Waals surface area contributed by atoms with Crippen molar-refractivity contribution in [3.63, 3.8) is 0 Å². The summed E-state index contributed by atoms with van der Waals surface area (Å²) in [4.78, 5) is 28.8. The Kier molecular flexibility index (Phi) is 5.08. The summed E-state index contributed by atoms with van der Waals surface area (Å²) in [5, 5.41) is 10.9. The van der Waals surface area contributed by atoms with Crippen molar-refractivity contribution >= 4 is 17.4 Å². The Morgan fingerprint density at radius 1 is 1.00 bits per heavy atom. The van der Waals surface area contributed by atoms with Crippen LogP contribution in [0.15, 0.2) is 85.4 Å². The molecule has 3 aliphatic carbocycles. The summed E-state index contributed by atoms with van der Waals surface area (Å²) < 4.78 is 5.47. The van der Waals surface area contributed by atoms with Crippen LogP contribution in [0.4, 0.5) is 0 Å². The van der Waals surface area contributed by atoms with Gasteiger partial charge in [-0.05, 0) is 35.6 Å². The summed E-state index contributed by atoms with van der Waals surface area (Å²) in [6, 6.07) is 25.9. The molecule has 0 aromatic heterocycles. The first-order valence-corrected chi connectivity index (χ1v) is 12.4. The molecule has 7 rings (SSSR count). The van der Waals surface area contributed by atoms with E-state index in [0.29, 0.717) is 23.4 Å². The highest BCUT2D eigenvalue weighted by Gasteiger charge is 2.70. The van der Waals surface area contributed by atoms with Crippen LogP contribution >= 0.6 is 0 Å². The minimum absolute atomic E-state index is 0.140. The first-order chi connectivity index (χ1) is 17.4. The fourth-order valence-corrected chi connectivity index (χ4v) is 7.55. The molecule has 1 amide bonds. The molecule has 2 fully saturated rings. The fourth-order valence-electron chi connectivity index (χ4n) is 7.55. The second-order valence-electron chi connectivity index (χ2n) is 10.3. The Morgan fingerprint density at radius 3 is 2.44 bits per heavy atom. The van der Waals surface area contributed by atoms with E-state index in [-0.39, 0.29) is 24.3 Å². The van der Waals surface area contributed by atoms with Crippen LogP contribution in [0.5, 0.6) is 5.75 Å². The molecule has 1 heterocycles. The molecule has 1 saturated heterocycles. The number of fused-ring (bicyclic) bond motifs is 1. The smallest absolute Gasteiger partial charge is 0.312 e. The molecule has 1 saturated carbocycles. The number of aliphatic carboxylic acids is 1. The average molecular weight is 480 g/mol. The largest absolute Gasteiger partial charge is 0.496 e. The molecule has 4 atom stereocenters. The highest BCUT2D eigenvalue weighted by Crippen LogP contribution is 2.69. The van der Waals surface area contributed by atoms with Crippen LogP contribution in [-0.4, -0.2) is 42.1 Å². The van der Waals surface area contributed by atoms with Crippen molar-refractivity contribution in [2.24, 2.45) is 11.3 Å². The van der Waals surface area contributed by atoms with Crippen LogP contribution in [0.1, 0.15) is 41.0 Å². The maximum atomic E-state index is 13.8. The molecule has 0 spiro atoms. The third-order valence-corrected chi connectivity index (χ3v) is 9.00. The van der Waals surface area contributed by atoms with E-state index in [1.807, 2.05) is 48.5 Å². The summed E-state index contributed by atoms with van der Waals surface area (Å²) in [6.07, 6.45) is 1.65. The van der Waals surface area contributed by atoms with E-state index in [1.54, 1.807) is 18.1 Å². The minimum atomic E-state index is -1.06. The number of benzene rings is 3. The highest BCUT2D eigenvalue weighted by atomic mass is 16.5. The molecular weight excluding hydrogens is 450 g/mol. The number of likely N-dealkylation sites (tertiary alicyclic amines) is 1. The molecule has 36 heavy (non-hydrogen) atoms. The normalized spacial score (nSPS) is 27.8. The lowest BCUT2D eigenvalue weighted by molar-refractivity contribution is -0.157. The van der Waals surface area contributed by atoms with Gasteiger partial charge in [-0.2, -0.15) is 0 Å². The van der Waals surface area contributed by atoms with Crippen LogP contribution in [-0.2, 0) is 15.0 Å². The molecular formula is C31H29NO4. The van der Waals surface area contributed by atoms with Crippen LogP contribution < -0.4 is 4.74 Å². The molecule has 3 aromatic rings. The summed E-state index contributed by atoms with van der Waals surface area (Å²) in [7, 11) is 1.57. The zero-order valence-corrected chi connectivity index (χ0v) is 20.3. The van der Waals surface area contributed by atoms with E-state index >= 15 is 0 Å². The first kappa shape index (κ1) is 22.6. The predicted molar refractivity (Wildman–Crippen MR) is 138 cm³/mol. The van der Waals surface area contributed by atoms with Crippen molar-refractivity contribution < 1.29 is 19.4 Å². The molecule has 5 nitrogen and oxygen atoms in total. The van der Waals surface area contributed by atoms with E-state index in [2.05, 4.69) is 30.8 Å². The van der Waals surface area contributed by atoms with Gasteiger partial charge >= 0.3 is 5.97 Å². The van der Waals surface area contributed by atoms with Gasteiger partial charge in [-0.1, -0.05) is 79.4 Å². The van der Waals surface area contributed by atoms with E-state index in [0.717, 1.165) is 24.0 Å². The van der Waals surface area contributed by atoms with Crippen molar-refractivity contribution in [1.82, 2.24) is 4.90 Å². The third-order valence-electron chi connectivity index (χ3n) is 9.00. The van der Waals surface area contributed by atoms with Gasteiger partial charge in [0.1, 0.15) is 5.75 Å². The summed E-state index contributed by atoms with van der Waals surface area (Å²) >= 11 is 0. The number of carboxylic acids is 1. The average Bonchev–Trinajstić information content (AvgIpc) is 3.37. The van der Waals surface area contributed by atoms with Crippen molar-refractivity contribution in [2.45, 2.75) is 24.2 Å². The third kappa shape index (κ3) is 2.83. The standard InChI is InChI=1S/C31H29NO4/c1-20(22-12-7-9-15-26(22)36-2)28(33)32-18-27-30(21-10-4-3-5-11-21)17-16-25(31(27,19-32)29(34)35)23-13-6-8-14-24(23)30/h3-15,25,27H,1,16-19H2,2H3,(H,34,35)/t25-,27+,30+,31+/m0/s1. The van der Waals surface area contributed by atoms with Gasteiger partial charge in [0.05, 0.1) is 12.5 Å². The van der Waals surface area contributed by atoms with Gasteiger partial charge in [0.15, 0.2) is 0 Å². The zero-order valence-electron chi connectivity index (χ0n) is 20.3. The van der Waals surface area contributed by atoms with Gasteiger partial charge in [-0.25, -0.2) is 0 Å². The topological polar surface area (TPSA) is 66.8 Å². The van der Waals surface area contributed by atoms with Gasteiger partial charge in [0.25, 0.3) is 5.91 Å². The Balaban J connectivity index is 1.49. The second kappa shape index (κ2) is 8.09. The predicted octanol–water partition coefficient (Wildman–Crippen LogP) is 5.12. The van der Waals surface area contributed by atoms with Gasteiger partial charge in [0, 0.05) is 41.5 Å². The van der Waals surface area contributed by atoms with Crippen molar-refractivity contribution in [3.8, 4) is 5.75 Å². The molecule has 182 valence electrons. The quantitative estimate of drug-likeness (QED) is 0.516. The number of carbonyl (C=O) groups excluding carboxylic acids is 1. The Morgan fingerprint density at radius 2 is 1.69 bits per heavy atom. The summed E-state index contributed by atoms with van der Waals surface area (Å²) in [5.41, 5.74) is 2.89. The molecule has 0 unspecified atom stereocenters. The van der Waals surface area contributed by atoms with E-state index in [4.69, 9.17) is 4.74 Å². The molecule has 1 aliphatic heterocycles. The fraction of sp³-hybridized carbons (Fsp3) is 0.290.